The Labute approximate surface area is 140 Å². The summed E-state index contributed by atoms with van der Waals surface area (Å²) in [5, 5.41) is 0. The number of hydrogen-bond acceptors (Lipinski definition) is 4. The van der Waals surface area contributed by atoms with Crippen molar-refractivity contribution in [3.8, 4) is 0 Å². The quantitative estimate of drug-likeness (QED) is 0.893. The molecule has 2 amide bonds. The van der Waals surface area contributed by atoms with E-state index in [1.54, 1.807) is 24.3 Å². The van der Waals surface area contributed by atoms with Gasteiger partial charge in [0.25, 0.3) is 5.91 Å². The Balaban J connectivity index is 1.80. The normalized spacial score (nSPS) is 23.8. The van der Waals surface area contributed by atoms with Crippen LogP contribution in [0.3, 0.4) is 0 Å². The molecule has 6 heteroatoms. The van der Waals surface area contributed by atoms with Gasteiger partial charge in [0.05, 0.1) is 6.10 Å². The first-order chi connectivity index (χ1) is 11.1. The van der Waals surface area contributed by atoms with Crippen molar-refractivity contribution in [2.45, 2.75) is 31.4 Å². The minimum Gasteiger partial charge on any atom is -0.376 e. The Bertz CT molecular complexity index is 581. The molecule has 0 spiro atoms. The molecule has 2 atom stereocenters. The van der Waals surface area contributed by atoms with Crippen LogP contribution in [0.4, 0.5) is 0 Å². The van der Waals surface area contributed by atoms with Crippen molar-refractivity contribution in [2.75, 3.05) is 24.7 Å². The summed E-state index contributed by atoms with van der Waals surface area (Å²) in [6.07, 6.45) is 3.20. The van der Waals surface area contributed by atoms with Crippen molar-refractivity contribution >= 4 is 23.6 Å². The summed E-state index contributed by atoms with van der Waals surface area (Å²) in [4.78, 5) is 26.3. The second-order valence-corrected chi connectivity index (χ2v) is 7.20. The predicted molar refractivity (Wildman–Crippen MR) is 90.7 cm³/mol. The molecular formula is C17H22N2O3S. The third-order valence-corrected chi connectivity index (χ3v) is 5.57. The number of nitrogens with two attached hydrogens (primary N) is 1. The highest BCUT2D eigenvalue weighted by Crippen LogP contribution is 2.26. The summed E-state index contributed by atoms with van der Waals surface area (Å²) >= 11 is 1.88. The second kappa shape index (κ2) is 7.36. The average Bonchev–Trinajstić information content (AvgIpc) is 3.25. The number of ether oxygens (including phenoxy) is 1. The first-order valence-corrected chi connectivity index (χ1v) is 9.21. The van der Waals surface area contributed by atoms with Crippen LogP contribution in [0, 0.1) is 0 Å². The van der Waals surface area contributed by atoms with Crippen LogP contribution in [-0.4, -0.2) is 53.5 Å². The molecule has 0 unspecified atom stereocenters. The van der Waals surface area contributed by atoms with Gasteiger partial charge in [-0.05, 0) is 43.2 Å². The number of rotatable bonds is 5. The van der Waals surface area contributed by atoms with Gasteiger partial charge in [0.2, 0.25) is 5.91 Å². The highest BCUT2D eigenvalue weighted by molar-refractivity contribution is 7.99. The molecule has 2 N–H and O–H groups in total. The van der Waals surface area contributed by atoms with E-state index < -0.39 is 5.91 Å². The summed E-state index contributed by atoms with van der Waals surface area (Å²) in [5.41, 5.74) is 6.22. The van der Waals surface area contributed by atoms with Crippen molar-refractivity contribution in [1.29, 1.82) is 0 Å². The van der Waals surface area contributed by atoms with Crippen LogP contribution >= 0.6 is 11.8 Å². The Morgan fingerprint density at radius 3 is 2.78 bits per heavy atom. The molecule has 2 saturated heterocycles. The lowest BCUT2D eigenvalue weighted by molar-refractivity contribution is 0.0442. The molecule has 23 heavy (non-hydrogen) atoms. The Hall–Kier alpha value is -1.53. The lowest BCUT2D eigenvalue weighted by Crippen LogP contribution is -2.44. The summed E-state index contributed by atoms with van der Waals surface area (Å²) < 4.78 is 5.72. The van der Waals surface area contributed by atoms with Crippen molar-refractivity contribution in [1.82, 2.24) is 4.90 Å². The molecule has 2 fully saturated rings. The van der Waals surface area contributed by atoms with E-state index in [0.717, 1.165) is 37.4 Å². The van der Waals surface area contributed by atoms with E-state index >= 15 is 0 Å². The Morgan fingerprint density at radius 2 is 2.13 bits per heavy atom. The SMILES string of the molecule is NC(=O)c1cccc(C(=O)N(C[C@@H]2CCCO2)[C@@H]2CCSC2)c1. The van der Waals surface area contributed by atoms with Crippen molar-refractivity contribution in [3.05, 3.63) is 35.4 Å². The molecule has 2 aliphatic rings. The highest BCUT2D eigenvalue weighted by atomic mass is 32.2. The number of thioether (sulfide) groups is 1. The van der Waals surface area contributed by atoms with Crippen LogP contribution in [0.1, 0.15) is 40.0 Å². The number of carbonyl (C=O) groups is 2. The topological polar surface area (TPSA) is 72.6 Å². The van der Waals surface area contributed by atoms with Crippen LogP contribution in [0.5, 0.6) is 0 Å². The predicted octanol–water partition coefficient (Wildman–Crippen LogP) is 1.91. The third kappa shape index (κ3) is 3.87. The van der Waals surface area contributed by atoms with Gasteiger partial charge in [0.1, 0.15) is 0 Å². The van der Waals surface area contributed by atoms with Gasteiger partial charge in [-0.15, -0.1) is 0 Å². The maximum absolute atomic E-state index is 13.0. The number of carbonyl (C=O) groups excluding carboxylic acids is 2. The fourth-order valence-corrected chi connectivity index (χ4v) is 4.37. The Kier molecular flexibility index (Phi) is 5.23. The van der Waals surface area contributed by atoms with E-state index in [4.69, 9.17) is 10.5 Å². The summed E-state index contributed by atoms with van der Waals surface area (Å²) in [7, 11) is 0. The Morgan fingerprint density at radius 1 is 1.30 bits per heavy atom. The van der Waals surface area contributed by atoms with Gasteiger partial charge in [-0.1, -0.05) is 6.07 Å². The minimum atomic E-state index is -0.512. The molecule has 1 aromatic carbocycles. The van der Waals surface area contributed by atoms with Crippen LogP contribution in [0.15, 0.2) is 24.3 Å². The van der Waals surface area contributed by atoms with E-state index in [-0.39, 0.29) is 18.1 Å². The zero-order chi connectivity index (χ0) is 16.2. The molecular weight excluding hydrogens is 312 g/mol. The standard InChI is InChI=1S/C17H22N2O3S/c18-16(20)12-3-1-4-13(9-12)17(21)19(14-6-8-23-11-14)10-15-5-2-7-22-15/h1,3-4,9,14-15H,2,5-8,10-11H2,(H2,18,20)/t14-,15+/m1/s1. The van der Waals surface area contributed by atoms with E-state index in [0.29, 0.717) is 17.7 Å². The lowest BCUT2D eigenvalue weighted by atomic mass is 10.1. The molecule has 0 saturated carbocycles. The van der Waals surface area contributed by atoms with Gasteiger partial charge in [0.15, 0.2) is 0 Å². The third-order valence-electron chi connectivity index (χ3n) is 4.43. The van der Waals surface area contributed by atoms with E-state index in [2.05, 4.69) is 0 Å². The van der Waals surface area contributed by atoms with Gasteiger partial charge in [-0.25, -0.2) is 0 Å². The number of primary amides is 1. The van der Waals surface area contributed by atoms with Crippen LogP contribution in [0.25, 0.3) is 0 Å². The molecule has 5 nitrogen and oxygen atoms in total. The fraction of sp³-hybridized carbons (Fsp3) is 0.529. The largest absolute Gasteiger partial charge is 0.376 e. The maximum atomic E-state index is 13.0. The van der Waals surface area contributed by atoms with Gasteiger partial charge in [0, 0.05) is 36.1 Å². The van der Waals surface area contributed by atoms with Gasteiger partial charge < -0.3 is 15.4 Å². The zero-order valence-electron chi connectivity index (χ0n) is 13.1. The highest BCUT2D eigenvalue weighted by Gasteiger charge is 2.31. The van der Waals surface area contributed by atoms with Crippen LogP contribution in [0.2, 0.25) is 0 Å². The monoisotopic (exact) mass is 334 g/mol. The zero-order valence-corrected chi connectivity index (χ0v) is 13.9. The summed E-state index contributed by atoms with van der Waals surface area (Å²) in [6, 6.07) is 6.93. The molecule has 0 radical (unpaired) electrons. The molecule has 124 valence electrons. The number of hydrogen-bond donors (Lipinski definition) is 1. The van der Waals surface area contributed by atoms with Gasteiger partial charge in [-0.3, -0.25) is 9.59 Å². The van der Waals surface area contributed by atoms with Crippen LogP contribution in [-0.2, 0) is 4.74 Å². The molecule has 3 rings (SSSR count). The van der Waals surface area contributed by atoms with Gasteiger partial charge in [-0.2, -0.15) is 11.8 Å². The van der Waals surface area contributed by atoms with E-state index in [1.165, 1.54) is 0 Å². The first-order valence-electron chi connectivity index (χ1n) is 8.05. The van der Waals surface area contributed by atoms with Crippen molar-refractivity contribution in [3.63, 3.8) is 0 Å². The van der Waals surface area contributed by atoms with Crippen molar-refractivity contribution in [2.24, 2.45) is 5.73 Å². The molecule has 0 aliphatic carbocycles. The van der Waals surface area contributed by atoms with E-state index in [9.17, 15) is 9.59 Å². The number of benzene rings is 1. The number of amides is 2. The van der Waals surface area contributed by atoms with Gasteiger partial charge >= 0.3 is 0 Å². The first kappa shape index (κ1) is 16.3. The summed E-state index contributed by atoms with van der Waals surface area (Å²) in [6.45, 7) is 1.41. The second-order valence-electron chi connectivity index (χ2n) is 6.06. The fourth-order valence-electron chi connectivity index (χ4n) is 3.14. The number of nitrogens with zero attached hydrogens (tertiary/aromatic N) is 1. The minimum absolute atomic E-state index is 0.0314. The smallest absolute Gasteiger partial charge is 0.254 e. The summed E-state index contributed by atoms with van der Waals surface area (Å²) in [5.74, 6) is 1.51. The lowest BCUT2D eigenvalue weighted by Gasteiger charge is -2.31. The molecule has 2 heterocycles. The van der Waals surface area contributed by atoms with Crippen molar-refractivity contribution < 1.29 is 14.3 Å². The molecule has 2 aliphatic heterocycles. The average molecular weight is 334 g/mol. The van der Waals surface area contributed by atoms with E-state index in [1.807, 2.05) is 16.7 Å². The maximum Gasteiger partial charge on any atom is 0.254 e. The molecule has 0 aromatic heterocycles. The molecule has 0 bridgehead atoms. The molecule has 1 aromatic rings. The van der Waals surface area contributed by atoms with Crippen LogP contribution < -0.4 is 5.73 Å².